The first-order valence-electron chi connectivity index (χ1n) is 5.04. The number of rotatable bonds is 5. The summed E-state index contributed by atoms with van der Waals surface area (Å²) >= 11 is 0. The number of aryl methyl sites for hydroxylation is 1. The molecule has 0 aliphatic carbocycles. The summed E-state index contributed by atoms with van der Waals surface area (Å²) in [7, 11) is 1.74. The highest BCUT2D eigenvalue weighted by molar-refractivity contribution is 5.45. The largest absolute Gasteiger partial charge is 0.385 e. The molecule has 78 valence electrons. The summed E-state index contributed by atoms with van der Waals surface area (Å²) in [6.45, 7) is 5.08. The van der Waals surface area contributed by atoms with Gasteiger partial charge in [-0.25, -0.2) is 0 Å². The van der Waals surface area contributed by atoms with E-state index in [-0.39, 0.29) is 0 Å². The third-order valence-electron chi connectivity index (χ3n) is 2.19. The zero-order chi connectivity index (χ0) is 10.4. The maximum absolute atomic E-state index is 5.03. The first-order valence-corrected chi connectivity index (χ1v) is 5.04. The van der Waals surface area contributed by atoms with Crippen molar-refractivity contribution in [2.75, 3.05) is 19.0 Å². The quantitative estimate of drug-likeness (QED) is 0.776. The SMILES string of the molecule is COCCC(C)Nc1cccc(C)c1. The molecule has 0 aliphatic rings. The van der Waals surface area contributed by atoms with E-state index in [1.807, 2.05) is 0 Å². The standard InChI is InChI=1S/C12H19NO/c1-10-5-4-6-12(9-10)13-11(2)7-8-14-3/h4-6,9,11,13H,7-8H2,1-3H3. The molecule has 1 aromatic carbocycles. The third kappa shape index (κ3) is 3.79. The first-order chi connectivity index (χ1) is 6.72. The molecule has 14 heavy (non-hydrogen) atoms. The predicted octanol–water partition coefficient (Wildman–Crippen LogP) is 2.83. The van der Waals surface area contributed by atoms with Crippen LogP contribution in [0, 0.1) is 6.92 Å². The lowest BCUT2D eigenvalue weighted by Crippen LogP contribution is -2.17. The Labute approximate surface area is 86.3 Å². The van der Waals surface area contributed by atoms with E-state index in [9.17, 15) is 0 Å². The van der Waals surface area contributed by atoms with Gasteiger partial charge in [-0.05, 0) is 38.0 Å². The number of nitrogens with one attached hydrogen (secondary N) is 1. The van der Waals surface area contributed by atoms with Crippen LogP contribution >= 0.6 is 0 Å². The number of hydrogen-bond acceptors (Lipinski definition) is 2. The molecule has 0 radical (unpaired) electrons. The van der Waals surface area contributed by atoms with Gasteiger partial charge in [0.2, 0.25) is 0 Å². The number of anilines is 1. The zero-order valence-corrected chi connectivity index (χ0v) is 9.21. The van der Waals surface area contributed by atoms with Gasteiger partial charge < -0.3 is 10.1 Å². The fourth-order valence-electron chi connectivity index (χ4n) is 1.39. The Hall–Kier alpha value is -1.02. The van der Waals surface area contributed by atoms with E-state index in [1.54, 1.807) is 7.11 Å². The lowest BCUT2D eigenvalue weighted by molar-refractivity contribution is 0.191. The van der Waals surface area contributed by atoms with Crippen LogP contribution in [-0.2, 0) is 4.74 Å². The van der Waals surface area contributed by atoms with E-state index < -0.39 is 0 Å². The van der Waals surface area contributed by atoms with E-state index in [1.165, 1.54) is 11.3 Å². The fraction of sp³-hybridized carbons (Fsp3) is 0.500. The molecular weight excluding hydrogens is 174 g/mol. The summed E-state index contributed by atoms with van der Waals surface area (Å²) in [5, 5.41) is 3.44. The van der Waals surface area contributed by atoms with Crippen molar-refractivity contribution in [1.82, 2.24) is 0 Å². The molecule has 1 rings (SSSR count). The van der Waals surface area contributed by atoms with Gasteiger partial charge in [0.25, 0.3) is 0 Å². The van der Waals surface area contributed by atoms with E-state index in [0.29, 0.717) is 6.04 Å². The average molecular weight is 193 g/mol. The van der Waals surface area contributed by atoms with Gasteiger partial charge in [-0.3, -0.25) is 0 Å². The lowest BCUT2D eigenvalue weighted by Gasteiger charge is -2.14. The molecular formula is C12H19NO. The Bertz CT molecular complexity index is 273. The summed E-state index contributed by atoms with van der Waals surface area (Å²) in [4.78, 5) is 0. The minimum absolute atomic E-state index is 0.455. The van der Waals surface area contributed by atoms with Crippen molar-refractivity contribution < 1.29 is 4.74 Å². The maximum atomic E-state index is 5.03. The number of benzene rings is 1. The third-order valence-corrected chi connectivity index (χ3v) is 2.19. The fourth-order valence-corrected chi connectivity index (χ4v) is 1.39. The Kier molecular flexibility index (Phi) is 4.47. The monoisotopic (exact) mass is 193 g/mol. The van der Waals surface area contributed by atoms with Crippen LogP contribution in [0.25, 0.3) is 0 Å². The molecule has 0 fully saturated rings. The Balaban J connectivity index is 2.43. The molecule has 1 aromatic rings. The van der Waals surface area contributed by atoms with Gasteiger partial charge in [-0.2, -0.15) is 0 Å². The van der Waals surface area contributed by atoms with Crippen molar-refractivity contribution in [2.45, 2.75) is 26.3 Å². The molecule has 0 spiro atoms. The van der Waals surface area contributed by atoms with Crippen molar-refractivity contribution in [3.63, 3.8) is 0 Å². The maximum Gasteiger partial charge on any atom is 0.0481 e. The highest BCUT2D eigenvalue weighted by Gasteiger charge is 2.00. The zero-order valence-electron chi connectivity index (χ0n) is 9.21. The summed E-state index contributed by atoms with van der Waals surface area (Å²) in [5.41, 5.74) is 2.47. The molecule has 1 atom stereocenters. The van der Waals surface area contributed by atoms with Crippen LogP contribution in [0.3, 0.4) is 0 Å². The highest BCUT2D eigenvalue weighted by Crippen LogP contribution is 2.11. The van der Waals surface area contributed by atoms with Gasteiger partial charge in [-0.15, -0.1) is 0 Å². The van der Waals surface area contributed by atoms with Crippen molar-refractivity contribution in [2.24, 2.45) is 0 Å². The van der Waals surface area contributed by atoms with Gasteiger partial charge >= 0.3 is 0 Å². The minimum Gasteiger partial charge on any atom is -0.385 e. The minimum atomic E-state index is 0.455. The van der Waals surface area contributed by atoms with Crippen LogP contribution < -0.4 is 5.32 Å². The Morgan fingerprint density at radius 2 is 2.21 bits per heavy atom. The molecule has 0 saturated heterocycles. The van der Waals surface area contributed by atoms with Crippen LogP contribution in [0.2, 0.25) is 0 Å². The second kappa shape index (κ2) is 5.66. The summed E-state index contributed by atoms with van der Waals surface area (Å²) in [6, 6.07) is 8.88. The van der Waals surface area contributed by atoms with Gasteiger partial charge in [0, 0.05) is 25.4 Å². The molecule has 0 heterocycles. The lowest BCUT2D eigenvalue weighted by atomic mass is 10.2. The Morgan fingerprint density at radius 1 is 1.43 bits per heavy atom. The van der Waals surface area contributed by atoms with Gasteiger partial charge in [0.1, 0.15) is 0 Å². The topological polar surface area (TPSA) is 21.3 Å². The molecule has 1 N–H and O–H groups in total. The number of methoxy groups -OCH3 is 1. The number of ether oxygens (including phenoxy) is 1. The van der Waals surface area contributed by atoms with Gasteiger partial charge in [0.05, 0.1) is 0 Å². The van der Waals surface area contributed by atoms with E-state index in [2.05, 4.69) is 43.4 Å². The molecule has 1 unspecified atom stereocenters. The summed E-state index contributed by atoms with van der Waals surface area (Å²) < 4.78 is 5.03. The Morgan fingerprint density at radius 3 is 2.86 bits per heavy atom. The second-order valence-electron chi connectivity index (χ2n) is 3.70. The predicted molar refractivity (Wildman–Crippen MR) is 60.8 cm³/mol. The molecule has 0 bridgehead atoms. The summed E-state index contributed by atoms with van der Waals surface area (Å²) in [5.74, 6) is 0. The van der Waals surface area contributed by atoms with Gasteiger partial charge in [-0.1, -0.05) is 12.1 Å². The molecule has 2 heteroatoms. The second-order valence-corrected chi connectivity index (χ2v) is 3.70. The molecule has 0 aliphatic heterocycles. The highest BCUT2D eigenvalue weighted by atomic mass is 16.5. The molecule has 0 amide bonds. The smallest absolute Gasteiger partial charge is 0.0481 e. The van der Waals surface area contributed by atoms with Crippen molar-refractivity contribution in [3.05, 3.63) is 29.8 Å². The van der Waals surface area contributed by atoms with Gasteiger partial charge in [0.15, 0.2) is 0 Å². The normalized spacial score (nSPS) is 12.5. The number of hydrogen-bond donors (Lipinski definition) is 1. The first kappa shape index (κ1) is 11.1. The van der Waals surface area contributed by atoms with E-state index in [0.717, 1.165) is 13.0 Å². The van der Waals surface area contributed by atoms with Crippen LogP contribution in [0.5, 0.6) is 0 Å². The molecule has 0 aromatic heterocycles. The average Bonchev–Trinajstić information content (AvgIpc) is 2.15. The van der Waals surface area contributed by atoms with Crippen molar-refractivity contribution in [1.29, 1.82) is 0 Å². The van der Waals surface area contributed by atoms with Crippen LogP contribution in [0.4, 0.5) is 5.69 Å². The molecule has 0 saturated carbocycles. The van der Waals surface area contributed by atoms with Crippen LogP contribution in [-0.4, -0.2) is 19.8 Å². The van der Waals surface area contributed by atoms with E-state index >= 15 is 0 Å². The van der Waals surface area contributed by atoms with Crippen LogP contribution in [0.15, 0.2) is 24.3 Å². The van der Waals surface area contributed by atoms with E-state index in [4.69, 9.17) is 4.74 Å². The van der Waals surface area contributed by atoms with Crippen LogP contribution in [0.1, 0.15) is 18.9 Å². The van der Waals surface area contributed by atoms with Crippen molar-refractivity contribution in [3.8, 4) is 0 Å². The molecule has 2 nitrogen and oxygen atoms in total. The summed E-state index contributed by atoms with van der Waals surface area (Å²) in [6.07, 6.45) is 1.03. The van der Waals surface area contributed by atoms with Crippen molar-refractivity contribution >= 4 is 5.69 Å².